The smallest absolute Gasteiger partial charge is 0.343 e. The zero-order valence-electron chi connectivity index (χ0n) is 23.2. The molecule has 0 atom stereocenters. The van der Waals surface area contributed by atoms with Gasteiger partial charge in [0.2, 0.25) is 0 Å². The molecule has 0 saturated heterocycles. The SMILES string of the molecule is CCCCOc1ccc(C(=O)Oc2ccc(/C=N/NC(=O)COc3cc(C(C)C)ccc3C)cc2OC)cc1. The van der Waals surface area contributed by atoms with Crippen molar-refractivity contribution in [1.29, 1.82) is 0 Å². The highest BCUT2D eigenvalue weighted by molar-refractivity contribution is 5.92. The predicted molar refractivity (Wildman–Crippen MR) is 151 cm³/mol. The maximum atomic E-state index is 12.6. The fourth-order valence-electron chi connectivity index (χ4n) is 3.51. The second-order valence-electron chi connectivity index (χ2n) is 9.29. The van der Waals surface area contributed by atoms with E-state index < -0.39 is 5.97 Å². The van der Waals surface area contributed by atoms with E-state index in [1.54, 1.807) is 42.5 Å². The Bertz CT molecular complexity index is 1280. The molecule has 3 rings (SSSR count). The lowest BCUT2D eigenvalue weighted by Gasteiger charge is -2.12. The molecule has 206 valence electrons. The first-order valence-corrected chi connectivity index (χ1v) is 13.0. The number of carbonyl (C=O) groups excluding carboxylic acids is 2. The van der Waals surface area contributed by atoms with Crippen LogP contribution in [0.1, 0.15) is 66.6 Å². The van der Waals surface area contributed by atoms with E-state index in [0.717, 1.165) is 24.0 Å². The summed E-state index contributed by atoms with van der Waals surface area (Å²) >= 11 is 0. The fourth-order valence-corrected chi connectivity index (χ4v) is 3.51. The third-order valence-corrected chi connectivity index (χ3v) is 5.89. The van der Waals surface area contributed by atoms with Gasteiger partial charge in [0.15, 0.2) is 18.1 Å². The zero-order chi connectivity index (χ0) is 28.2. The summed E-state index contributed by atoms with van der Waals surface area (Å²) < 4.78 is 22.2. The molecule has 0 aliphatic carbocycles. The predicted octanol–water partition coefficient (Wildman–Crippen LogP) is 6.05. The van der Waals surface area contributed by atoms with Crippen LogP contribution in [0, 0.1) is 6.92 Å². The molecule has 0 unspecified atom stereocenters. The molecule has 39 heavy (non-hydrogen) atoms. The molecule has 1 amide bonds. The van der Waals surface area contributed by atoms with Gasteiger partial charge in [0.05, 0.1) is 25.5 Å². The molecule has 0 saturated carbocycles. The number of hydrazone groups is 1. The number of esters is 1. The minimum atomic E-state index is -0.517. The number of benzene rings is 3. The zero-order valence-corrected chi connectivity index (χ0v) is 23.2. The Labute approximate surface area is 229 Å². The van der Waals surface area contributed by atoms with Crippen LogP contribution >= 0.6 is 0 Å². The van der Waals surface area contributed by atoms with Crippen molar-refractivity contribution < 1.29 is 28.5 Å². The summed E-state index contributed by atoms with van der Waals surface area (Å²) in [4.78, 5) is 24.8. The van der Waals surface area contributed by atoms with Gasteiger partial charge in [-0.1, -0.05) is 39.3 Å². The third kappa shape index (κ3) is 8.88. The number of aryl methyl sites for hydroxylation is 1. The summed E-state index contributed by atoms with van der Waals surface area (Å²) in [5, 5.41) is 3.99. The molecule has 0 spiro atoms. The summed E-state index contributed by atoms with van der Waals surface area (Å²) in [5.41, 5.74) is 5.58. The molecule has 0 bridgehead atoms. The Morgan fingerprint density at radius 3 is 2.41 bits per heavy atom. The lowest BCUT2D eigenvalue weighted by Crippen LogP contribution is -2.24. The number of unbranched alkanes of at least 4 members (excludes halogenated alkanes) is 1. The Kier molecular flexibility index (Phi) is 10.9. The summed E-state index contributed by atoms with van der Waals surface area (Å²) in [5.74, 6) is 1.44. The van der Waals surface area contributed by atoms with Crippen LogP contribution in [0.15, 0.2) is 65.8 Å². The lowest BCUT2D eigenvalue weighted by molar-refractivity contribution is -0.123. The van der Waals surface area contributed by atoms with Gasteiger partial charge >= 0.3 is 5.97 Å². The van der Waals surface area contributed by atoms with Gasteiger partial charge in [0.1, 0.15) is 11.5 Å². The quantitative estimate of drug-likeness (QED) is 0.0946. The van der Waals surface area contributed by atoms with Gasteiger partial charge in [-0.15, -0.1) is 0 Å². The minimum absolute atomic E-state index is 0.163. The summed E-state index contributed by atoms with van der Waals surface area (Å²) in [6.07, 6.45) is 3.49. The van der Waals surface area contributed by atoms with Crippen molar-refractivity contribution in [2.45, 2.75) is 46.5 Å². The van der Waals surface area contributed by atoms with Crippen LogP contribution in [0.5, 0.6) is 23.0 Å². The van der Waals surface area contributed by atoms with Crippen LogP contribution in [-0.4, -0.2) is 38.4 Å². The van der Waals surface area contributed by atoms with E-state index in [0.29, 0.717) is 40.9 Å². The molecule has 0 aliphatic heterocycles. The molecule has 8 nitrogen and oxygen atoms in total. The molecule has 8 heteroatoms. The van der Waals surface area contributed by atoms with E-state index in [1.807, 2.05) is 19.1 Å². The Hall–Kier alpha value is -4.33. The van der Waals surface area contributed by atoms with Crippen LogP contribution in [0.4, 0.5) is 0 Å². The molecule has 0 aliphatic rings. The number of nitrogens with one attached hydrogen (secondary N) is 1. The van der Waals surface area contributed by atoms with Crippen molar-refractivity contribution in [2.24, 2.45) is 5.10 Å². The van der Waals surface area contributed by atoms with E-state index in [9.17, 15) is 9.59 Å². The molecule has 0 fully saturated rings. The Morgan fingerprint density at radius 1 is 0.949 bits per heavy atom. The second kappa shape index (κ2) is 14.6. The number of methoxy groups -OCH3 is 1. The first-order valence-electron chi connectivity index (χ1n) is 13.0. The topological polar surface area (TPSA) is 95.5 Å². The summed E-state index contributed by atoms with van der Waals surface area (Å²) in [6.45, 7) is 8.71. The number of amides is 1. The highest BCUT2D eigenvalue weighted by atomic mass is 16.6. The molecule has 0 heterocycles. The first kappa shape index (κ1) is 29.2. The van der Waals surface area contributed by atoms with E-state index in [1.165, 1.54) is 13.3 Å². The number of nitrogens with zero attached hydrogens (tertiary/aromatic N) is 1. The van der Waals surface area contributed by atoms with Gasteiger partial charge in [-0.3, -0.25) is 4.79 Å². The van der Waals surface area contributed by atoms with Gasteiger partial charge < -0.3 is 18.9 Å². The van der Waals surface area contributed by atoms with Crippen molar-refractivity contribution in [3.05, 3.63) is 82.9 Å². The lowest BCUT2D eigenvalue weighted by atomic mass is 10.0. The Balaban J connectivity index is 1.54. The fraction of sp³-hybridized carbons (Fsp3) is 0.323. The standard InChI is InChI=1S/C31H36N2O6/c1-6-7-16-37-26-13-11-24(12-14-26)31(35)39-27-15-9-23(17-29(27)36-5)19-32-33-30(34)20-38-28-18-25(21(2)3)10-8-22(28)4/h8-15,17-19,21H,6-7,16,20H2,1-5H3,(H,33,34)/b32-19+. The van der Waals surface area contributed by atoms with Crippen LogP contribution in [0.3, 0.4) is 0 Å². The largest absolute Gasteiger partial charge is 0.494 e. The molecule has 0 aromatic heterocycles. The number of hydrogen-bond acceptors (Lipinski definition) is 7. The van der Waals surface area contributed by atoms with Crippen LogP contribution in [0.25, 0.3) is 0 Å². The number of rotatable bonds is 13. The number of carbonyl (C=O) groups is 2. The summed E-state index contributed by atoms with van der Waals surface area (Å²) in [6, 6.07) is 17.7. The van der Waals surface area contributed by atoms with E-state index in [4.69, 9.17) is 18.9 Å². The van der Waals surface area contributed by atoms with Crippen molar-refractivity contribution in [2.75, 3.05) is 20.3 Å². The maximum absolute atomic E-state index is 12.6. The van der Waals surface area contributed by atoms with Crippen molar-refractivity contribution >= 4 is 18.1 Å². The molecular weight excluding hydrogens is 496 g/mol. The average Bonchev–Trinajstić information content (AvgIpc) is 2.93. The monoisotopic (exact) mass is 532 g/mol. The van der Waals surface area contributed by atoms with Crippen LogP contribution in [-0.2, 0) is 4.79 Å². The summed E-state index contributed by atoms with van der Waals surface area (Å²) in [7, 11) is 1.48. The van der Waals surface area contributed by atoms with Crippen molar-refractivity contribution in [3.63, 3.8) is 0 Å². The van der Waals surface area contributed by atoms with Crippen molar-refractivity contribution in [1.82, 2.24) is 5.43 Å². The van der Waals surface area contributed by atoms with Crippen LogP contribution < -0.4 is 24.4 Å². The molecular formula is C31H36N2O6. The highest BCUT2D eigenvalue weighted by Crippen LogP contribution is 2.29. The third-order valence-electron chi connectivity index (χ3n) is 5.89. The molecule has 0 radical (unpaired) electrons. The van der Waals surface area contributed by atoms with E-state index in [2.05, 4.69) is 37.4 Å². The molecule has 3 aromatic rings. The van der Waals surface area contributed by atoms with E-state index in [-0.39, 0.29) is 18.3 Å². The van der Waals surface area contributed by atoms with Gasteiger partial charge in [-0.05, 0) is 84.5 Å². The number of hydrogen-bond donors (Lipinski definition) is 1. The van der Waals surface area contributed by atoms with Gasteiger partial charge in [0.25, 0.3) is 5.91 Å². The van der Waals surface area contributed by atoms with Crippen LogP contribution in [0.2, 0.25) is 0 Å². The number of ether oxygens (including phenoxy) is 4. The maximum Gasteiger partial charge on any atom is 0.343 e. The molecule has 3 aromatic carbocycles. The average molecular weight is 533 g/mol. The van der Waals surface area contributed by atoms with Crippen molar-refractivity contribution in [3.8, 4) is 23.0 Å². The molecule has 1 N–H and O–H groups in total. The second-order valence-corrected chi connectivity index (χ2v) is 9.29. The van der Waals surface area contributed by atoms with E-state index >= 15 is 0 Å². The normalized spacial score (nSPS) is 10.9. The van der Waals surface area contributed by atoms with Gasteiger partial charge in [-0.25, -0.2) is 10.2 Å². The Morgan fingerprint density at radius 2 is 1.72 bits per heavy atom. The minimum Gasteiger partial charge on any atom is -0.494 e. The van der Waals surface area contributed by atoms with Gasteiger partial charge in [-0.2, -0.15) is 5.10 Å². The highest BCUT2D eigenvalue weighted by Gasteiger charge is 2.13. The van der Waals surface area contributed by atoms with Gasteiger partial charge in [0, 0.05) is 0 Å². The first-order chi connectivity index (χ1) is 18.8.